The number of para-hydroxylation sites is 1. The van der Waals surface area contributed by atoms with E-state index in [2.05, 4.69) is 44.7 Å². The third kappa shape index (κ3) is 2.08. The zero-order valence-corrected chi connectivity index (χ0v) is 11.9. The highest BCUT2D eigenvalue weighted by atomic mass is 32.2. The Morgan fingerprint density at radius 2 is 2.20 bits per heavy atom. The van der Waals surface area contributed by atoms with Gasteiger partial charge in [-0.05, 0) is 13.0 Å². The van der Waals surface area contributed by atoms with Gasteiger partial charge in [-0.25, -0.2) is 0 Å². The lowest BCUT2D eigenvalue weighted by Gasteiger charge is -2.05. The fourth-order valence-corrected chi connectivity index (χ4v) is 2.92. The van der Waals surface area contributed by atoms with Crippen molar-refractivity contribution in [2.24, 2.45) is 0 Å². The molecule has 0 aliphatic carbocycles. The summed E-state index contributed by atoms with van der Waals surface area (Å²) in [6, 6.07) is 8.19. The van der Waals surface area contributed by atoms with Gasteiger partial charge in [-0.15, -0.1) is 16.6 Å². The zero-order valence-electron chi connectivity index (χ0n) is 11.1. The van der Waals surface area contributed by atoms with Gasteiger partial charge in [-0.1, -0.05) is 35.9 Å². The number of nitrogens with zero attached hydrogens (tertiary/aromatic N) is 3. The first-order valence-electron chi connectivity index (χ1n) is 6.41. The normalized spacial score (nSPS) is 10.8. The van der Waals surface area contributed by atoms with Crippen molar-refractivity contribution in [1.82, 2.24) is 19.7 Å². The van der Waals surface area contributed by atoms with Crippen LogP contribution in [0.1, 0.15) is 6.92 Å². The van der Waals surface area contributed by atoms with Crippen LogP contribution in [-0.4, -0.2) is 25.5 Å². The molecule has 0 aliphatic rings. The summed E-state index contributed by atoms with van der Waals surface area (Å²) >= 11 is 1.54. The lowest BCUT2D eigenvalue weighted by Crippen LogP contribution is -1.99. The molecule has 0 amide bonds. The summed E-state index contributed by atoms with van der Waals surface area (Å²) in [5, 5.41) is 10.6. The Hall–Kier alpha value is -2.19. The SMILES string of the molecule is C#CCSc1nnc(-c2c[nH]c3ccccc23)n1CC. The Labute approximate surface area is 121 Å². The van der Waals surface area contributed by atoms with Crippen molar-refractivity contribution in [2.45, 2.75) is 18.6 Å². The van der Waals surface area contributed by atoms with Crippen LogP contribution in [-0.2, 0) is 6.54 Å². The van der Waals surface area contributed by atoms with E-state index in [1.807, 2.05) is 18.3 Å². The van der Waals surface area contributed by atoms with Crippen LogP contribution >= 0.6 is 11.8 Å². The maximum Gasteiger partial charge on any atom is 0.192 e. The van der Waals surface area contributed by atoms with E-state index in [9.17, 15) is 0 Å². The number of benzene rings is 1. The minimum absolute atomic E-state index is 0.603. The van der Waals surface area contributed by atoms with Crippen molar-refractivity contribution in [1.29, 1.82) is 0 Å². The minimum Gasteiger partial charge on any atom is -0.360 e. The quantitative estimate of drug-likeness (QED) is 0.590. The van der Waals surface area contributed by atoms with Gasteiger partial charge in [0.1, 0.15) is 0 Å². The molecule has 0 saturated heterocycles. The first kappa shape index (κ1) is 12.8. The third-order valence-electron chi connectivity index (χ3n) is 3.15. The van der Waals surface area contributed by atoms with E-state index in [0.717, 1.165) is 34.0 Å². The highest BCUT2D eigenvalue weighted by molar-refractivity contribution is 7.99. The van der Waals surface area contributed by atoms with Crippen LogP contribution in [0.15, 0.2) is 35.6 Å². The number of thioether (sulfide) groups is 1. The second kappa shape index (κ2) is 5.43. The van der Waals surface area contributed by atoms with Gasteiger partial charge in [0, 0.05) is 29.2 Å². The van der Waals surface area contributed by atoms with Gasteiger partial charge in [0.25, 0.3) is 0 Å². The van der Waals surface area contributed by atoms with Crippen LogP contribution < -0.4 is 0 Å². The molecular weight excluding hydrogens is 268 g/mol. The third-order valence-corrected chi connectivity index (χ3v) is 4.02. The number of aromatic amines is 1. The molecule has 0 spiro atoms. The van der Waals surface area contributed by atoms with E-state index >= 15 is 0 Å². The Bertz CT molecular complexity index is 779. The lowest BCUT2D eigenvalue weighted by atomic mass is 10.1. The Balaban J connectivity index is 2.10. The molecule has 1 aromatic carbocycles. The molecule has 0 radical (unpaired) electrons. The van der Waals surface area contributed by atoms with Crippen molar-refractivity contribution in [3.05, 3.63) is 30.5 Å². The molecule has 0 saturated carbocycles. The highest BCUT2D eigenvalue weighted by Crippen LogP contribution is 2.29. The van der Waals surface area contributed by atoms with Crippen molar-refractivity contribution in [2.75, 3.05) is 5.75 Å². The Morgan fingerprint density at radius 1 is 1.35 bits per heavy atom. The van der Waals surface area contributed by atoms with Gasteiger partial charge in [0.2, 0.25) is 0 Å². The summed E-state index contributed by atoms with van der Waals surface area (Å²) in [4.78, 5) is 3.27. The molecule has 4 nitrogen and oxygen atoms in total. The molecule has 3 rings (SSSR count). The molecule has 0 atom stereocenters. The summed E-state index contributed by atoms with van der Waals surface area (Å²) in [7, 11) is 0. The monoisotopic (exact) mass is 282 g/mol. The number of H-pyrrole nitrogens is 1. The second-order valence-electron chi connectivity index (χ2n) is 4.29. The lowest BCUT2D eigenvalue weighted by molar-refractivity contribution is 0.688. The van der Waals surface area contributed by atoms with Crippen LogP contribution in [0.4, 0.5) is 0 Å². The van der Waals surface area contributed by atoms with E-state index < -0.39 is 0 Å². The van der Waals surface area contributed by atoms with Crippen LogP contribution in [0, 0.1) is 12.3 Å². The first-order valence-corrected chi connectivity index (χ1v) is 7.39. The molecule has 2 heterocycles. The summed E-state index contributed by atoms with van der Waals surface area (Å²) in [5.74, 6) is 4.10. The predicted octanol–water partition coefficient (Wildman–Crippen LogP) is 3.17. The average molecular weight is 282 g/mol. The molecule has 20 heavy (non-hydrogen) atoms. The van der Waals surface area contributed by atoms with Gasteiger partial charge >= 0.3 is 0 Å². The molecule has 3 aromatic rings. The van der Waals surface area contributed by atoms with Gasteiger partial charge in [0.05, 0.1) is 5.75 Å². The standard InChI is InChI=1S/C15H14N4S/c1-3-9-20-15-18-17-14(19(15)4-2)12-10-16-13-8-6-5-7-11(12)13/h1,5-8,10,16H,4,9H2,2H3. The number of hydrogen-bond acceptors (Lipinski definition) is 3. The molecule has 1 N–H and O–H groups in total. The van der Waals surface area contributed by atoms with E-state index in [1.54, 1.807) is 0 Å². The number of hydrogen-bond donors (Lipinski definition) is 1. The summed E-state index contributed by atoms with van der Waals surface area (Å²) in [6.07, 6.45) is 7.29. The first-order chi connectivity index (χ1) is 9.85. The van der Waals surface area contributed by atoms with Crippen molar-refractivity contribution in [3.63, 3.8) is 0 Å². The van der Waals surface area contributed by atoms with E-state index in [4.69, 9.17) is 6.42 Å². The average Bonchev–Trinajstić information content (AvgIpc) is 3.08. The van der Waals surface area contributed by atoms with E-state index in [0.29, 0.717) is 5.75 Å². The van der Waals surface area contributed by atoms with E-state index in [1.165, 1.54) is 11.8 Å². The van der Waals surface area contributed by atoms with Crippen molar-refractivity contribution in [3.8, 4) is 23.7 Å². The smallest absolute Gasteiger partial charge is 0.192 e. The summed E-state index contributed by atoms with van der Waals surface area (Å²) < 4.78 is 2.09. The summed E-state index contributed by atoms with van der Waals surface area (Å²) in [6.45, 7) is 2.90. The van der Waals surface area contributed by atoms with Crippen molar-refractivity contribution >= 4 is 22.7 Å². The molecule has 0 unspecified atom stereocenters. The zero-order chi connectivity index (χ0) is 13.9. The minimum atomic E-state index is 0.603. The van der Waals surface area contributed by atoms with Gasteiger partial charge < -0.3 is 9.55 Å². The second-order valence-corrected chi connectivity index (χ2v) is 5.23. The fraction of sp³-hybridized carbons (Fsp3) is 0.200. The molecule has 100 valence electrons. The molecular formula is C15H14N4S. The van der Waals surface area contributed by atoms with Gasteiger partial charge in [-0.3, -0.25) is 0 Å². The van der Waals surface area contributed by atoms with Crippen LogP contribution in [0.5, 0.6) is 0 Å². The predicted molar refractivity (Wildman–Crippen MR) is 82.5 cm³/mol. The van der Waals surface area contributed by atoms with Gasteiger partial charge in [0.15, 0.2) is 11.0 Å². The largest absolute Gasteiger partial charge is 0.360 e. The fourth-order valence-electron chi connectivity index (χ4n) is 2.24. The number of fused-ring (bicyclic) bond motifs is 1. The maximum absolute atomic E-state index is 5.31. The molecule has 0 bridgehead atoms. The van der Waals surface area contributed by atoms with Gasteiger partial charge in [-0.2, -0.15) is 0 Å². The highest BCUT2D eigenvalue weighted by Gasteiger charge is 2.15. The number of rotatable bonds is 4. The van der Waals surface area contributed by atoms with Crippen LogP contribution in [0.2, 0.25) is 0 Å². The van der Waals surface area contributed by atoms with Crippen molar-refractivity contribution < 1.29 is 0 Å². The Kier molecular flexibility index (Phi) is 3.48. The molecule has 0 aliphatic heterocycles. The number of nitrogens with one attached hydrogen (secondary N) is 1. The van der Waals surface area contributed by atoms with Crippen LogP contribution in [0.3, 0.4) is 0 Å². The molecule has 2 aromatic heterocycles. The molecule has 0 fully saturated rings. The topological polar surface area (TPSA) is 46.5 Å². The Morgan fingerprint density at radius 3 is 3.00 bits per heavy atom. The van der Waals surface area contributed by atoms with E-state index in [-0.39, 0.29) is 0 Å². The maximum atomic E-state index is 5.31. The number of terminal acetylenes is 1. The number of aromatic nitrogens is 4. The summed E-state index contributed by atoms with van der Waals surface area (Å²) in [5.41, 5.74) is 2.17. The molecule has 5 heteroatoms. The van der Waals surface area contributed by atoms with Crippen LogP contribution in [0.25, 0.3) is 22.3 Å².